The van der Waals surface area contributed by atoms with Gasteiger partial charge in [-0.05, 0) is 44.9 Å². The second kappa shape index (κ2) is 6.07. The van der Waals surface area contributed by atoms with E-state index in [0.29, 0.717) is 19.0 Å². The number of hydrogen-bond donors (Lipinski definition) is 1. The maximum atomic E-state index is 11.5. The fraction of sp³-hybridized carbons (Fsp3) is 0.500. The first-order valence-corrected chi connectivity index (χ1v) is 7.27. The summed E-state index contributed by atoms with van der Waals surface area (Å²) < 4.78 is 2.23. The normalized spacial score (nSPS) is 11.2. The van der Waals surface area contributed by atoms with Crippen molar-refractivity contribution in [1.29, 1.82) is 0 Å². The Hall–Kier alpha value is -1.84. The first-order valence-electron chi connectivity index (χ1n) is 7.27. The van der Waals surface area contributed by atoms with E-state index in [-0.39, 0.29) is 5.91 Å². The molecule has 1 aromatic heterocycles. The van der Waals surface area contributed by atoms with Crippen LogP contribution in [0.1, 0.15) is 51.0 Å². The smallest absolute Gasteiger partial charge is 0.220 e. The molecule has 4 heteroatoms. The number of nitrogens with zero attached hydrogens (tertiary/aromatic N) is 2. The molecule has 0 aliphatic carbocycles. The number of rotatable bonds is 5. The van der Waals surface area contributed by atoms with E-state index in [4.69, 9.17) is 0 Å². The molecule has 0 aliphatic heterocycles. The molecule has 0 bridgehead atoms. The first kappa shape index (κ1) is 14.6. The van der Waals surface area contributed by atoms with Gasteiger partial charge in [-0.2, -0.15) is 0 Å². The van der Waals surface area contributed by atoms with Gasteiger partial charge >= 0.3 is 0 Å². The summed E-state index contributed by atoms with van der Waals surface area (Å²) in [6, 6.07) is 6.62. The number of benzene rings is 1. The molecule has 0 radical (unpaired) electrons. The van der Waals surface area contributed by atoms with Crippen molar-refractivity contribution in [3.05, 3.63) is 29.6 Å². The minimum absolute atomic E-state index is 0.108. The molecular weight excluding hydrogens is 250 g/mol. The summed E-state index contributed by atoms with van der Waals surface area (Å²) in [5.74, 6) is 1.14. The van der Waals surface area contributed by atoms with Gasteiger partial charge in [-0.1, -0.05) is 13.0 Å². The molecule has 1 amide bonds. The minimum Gasteiger partial charge on any atom is -0.352 e. The van der Waals surface area contributed by atoms with Gasteiger partial charge in [0, 0.05) is 19.0 Å². The number of carbonyl (C=O) groups is 1. The molecule has 0 aliphatic rings. The van der Waals surface area contributed by atoms with E-state index in [1.54, 1.807) is 0 Å². The lowest BCUT2D eigenvalue weighted by atomic mass is 10.2. The Morgan fingerprint density at radius 1 is 1.40 bits per heavy atom. The van der Waals surface area contributed by atoms with E-state index in [1.807, 2.05) is 13.8 Å². The van der Waals surface area contributed by atoms with Gasteiger partial charge in [0.2, 0.25) is 5.91 Å². The maximum absolute atomic E-state index is 11.5. The van der Waals surface area contributed by atoms with Crippen LogP contribution in [-0.2, 0) is 11.3 Å². The fourth-order valence-corrected chi connectivity index (χ4v) is 2.54. The Morgan fingerprint density at radius 3 is 2.80 bits per heavy atom. The Labute approximate surface area is 120 Å². The molecule has 20 heavy (non-hydrogen) atoms. The lowest BCUT2D eigenvalue weighted by Gasteiger charge is -2.11. The number of aryl methyl sites for hydroxylation is 1. The summed E-state index contributed by atoms with van der Waals surface area (Å²) in [5, 5.41) is 2.94. The van der Waals surface area contributed by atoms with Crippen LogP contribution in [0.3, 0.4) is 0 Å². The summed E-state index contributed by atoms with van der Waals surface area (Å²) in [6.45, 7) is 8.93. The highest BCUT2D eigenvalue weighted by atomic mass is 16.1. The predicted octanol–water partition coefficient (Wildman–Crippen LogP) is 3.34. The third-order valence-corrected chi connectivity index (χ3v) is 3.41. The Morgan fingerprint density at radius 2 is 2.15 bits per heavy atom. The van der Waals surface area contributed by atoms with Crippen molar-refractivity contribution in [2.45, 2.75) is 53.1 Å². The van der Waals surface area contributed by atoms with Crippen LogP contribution in [0.2, 0.25) is 0 Å². The van der Waals surface area contributed by atoms with Crippen molar-refractivity contribution < 1.29 is 4.79 Å². The van der Waals surface area contributed by atoms with E-state index < -0.39 is 0 Å². The molecule has 1 N–H and O–H groups in total. The fourth-order valence-electron chi connectivity index (χ4n) is 2.54. The number of fused-ring (bicyclic) bond motifs is 1. The second-order valence-corrected chi connectivity index (χ2v) is 5.47. The van der Waals surface area contributed by atoms with Crippen LogP contribution in [0, 0.1) is 6.92 Å². The van der Waals surface area contributed by atoms with Gasteiger partial charge in [-0.3, -0.25) is 4.79 Å². The number of imidazole rings is 1. The van der Waals surface area contributed by atoms with Crippen LogP contribution in [0.15, 0.2) is 18.2 Å². The molecule has 2 rings (SSSR count). The first-order chi connectivity index (χ1) is 9.52. The molecule has 0 saturated carbocycles. The van der Waals surface area contributed by atoms with Gasteiger partial charge in [-0.25, -0.2) is 4.98 Å². The summed E-state index contributed by atoms with van der Waals surface area (Å²) >= 11 is 0. The standard InChI is InChI=1S/C16H23N3O/c1-5-6-16(20)17-10-13-7-8-15-14(9-13)18-12(4)19(15)11(2)3/h7-9,11H,5-6,10H2,1-4H3,(H,17,20). The molecule has 108 valence electrons. The largest absolute Gasteiger partial charge is 0.352 e. The molecule has 0 atom stereocenters. The molecule has 0 spiro atoms. The van der Waals surface area contributed by atoms with Crippen molar-refractivity contribution in [1.82, 2.24) is 14.9 Å². The Bertz CT molecular complexity index is 613. The van der Waals surface area contributed by atoms with E-state index in [2.05, 4.69) is 46.9 Å². The van der Waals surface area contributed by atoms with Crippen LogP contribution in [0.5, 0.6) is 0 Å². The number of amides is 1. The van der Waals surface area contributed by atoms with E-state index in [9.17, 15) is 4.79 Å². The van der Waals surface area contributed by atoms with E-state index >= 15 is 0 Å². The monoisotopic (exact) mass is 273 g/mol. The zero-order chi connectivity index (χ0) is 14.7. The number of hydrogen-bond acceptors (Lipinski definition) is 2. The van der Waals surface area contributed by atoms with Crippen molar-refractivity contribution in [3.63, 3.8) is 0 Å². The minimum atomic E-state index is 0.108. The van der Waals surface area contributed by atoms with Crippen LogP contribution >= 0.6 is 0 Å². The van der Waals surface area contributed by atoms with Crippen molar-refractivity contribution >= 4 is 16.9 Å². The average Bonchev–Trinajstić information content (AvgIpc) is 2.71. The Kier molecular flexibility index (Phi) is 4.42. The second-order valence-electron chi connectivity index (χ2n) is 5.47. The third kappa shape index (κ3) is 3.00. The molecule has 1 aromatic carbocycles. The highest BCUT2D eigenvalue weighted by Crippen LogP contribution is 2.21. The molecular formula is C16H23N3O. The predicted molar refractivity (Wildman–Crippen MR) is 81.6 cm³/mol. The molecule has 2 aromatic rings. The summed E-state index contributed by atoms with van der Waals surface area (Å²) in [4.78, 5) is 16.1. The quantitative estimate of drug-likeness (QED) is 0.908. The van der Waals surface area contributed by atoms with Gasteiger partial charge in [-0.15, -0.1) is 0 Å². The van der Waals surface area contributed by atoms with Crippen molar-refractivity contribution in [2.24, 2.45) is 0 Å². The zero-order valence-corrected chi connectivity index (χ0v) is 12.7. The summed E-state index contributed by atoms with van der Waals surface area (Å²) in [5.41, 5.74) is 3.25. The number of aromatic nitrogens is 2. The molecule has 4 nitrogen and oxygen atoms in total. The Balaban J connectivity index is 2.20. The van der Waals surface area contributed by atoms with Crippen molar-refractivity contribution in [2.75, 3.05) is 0 Å². The van der Waals surface area contributed by atoms with E-state index in [0.717, 1.165) is 28.8 Å². The average molecular weight is 273 g/mol. The molecule has 1 heterocycles. The lowest BCUT2D eigenvalue weighted by Crippen LogP contribution is -2.21. The lowest BCUT2D eigenvalue weighted by molar-refractivity contribution is -0.121. The highest BCUT2D eigenvalue weighted by molar-refractivity contribution is 5.78. The maximum Gasteiger partial charge on any atom is 0.220 e. The van der Waals surface area contributed by atoms with Crippen LogP contribution in [-0.4, -0.2) is 15.5 Å². The van der Waals surface area contributed by atoms with Gasteiger partial charge in [0.1, 0.15) is 5.82 Å². The van der Waals surface area contributed by atoms with E-state index in [1.165, 1.54) is 0 Å². The molecule has 0 unspecified atom stereocenters. The number of carbonyl (C=O) groups excluding carboxylic acids is 1. The van der Waals surface area contributed by atoms with Gasteiger partial charge in [0.15, 0.2) is 0 Å². The van der Waals surface area contributed by atoms with Crippen LogP contribution < -0.4 is 5.32 Å². The highest BCUT2D eigenvalue weighted by Gasteiger charge is 2.10. The molecule has 0 saturated heterocycles. The van der Waals surface area contributed by atoms with Crippen molar-refractivity contribution in [3.8, 4) is 0 Å². The van der Waals surface area contributed by atoms with Gasteiger partial charge in [0.25, 0.3) is 0 Å². The summed E-state index contributed by atoms with van der Waals surface area (Å²) in [7, 11) is 0. The summed E-state index contributed by atoms with van der Waals surface area (Å²) in [6.07, 6.45) is 1.46. The topological polar surface area (TPSA) is 46.9 Å². The molecule has 0 fully saturated rings. The zero-order valence-electron chi connectivity index (χ0n) is 12.7. The SMILES string of the molecule is CCCC(=O)NCc1ccc2c(c1)nc(C)n2C(C)C. The third-order valence-electron chi connectivity index (χ3n) is 3.41. The number of nitrogens with one attached hydrogen (secondary N) is 1. The van der Waals surface area contributed by atoms with Gasteiger partial charge in [0.05, 0.1) is 11.0 Å². The van der Waals surface area contributed by atoms with Gasteiger partial charge < -0.3 is 9.88 Å². The van der Waals surface area contributed by atoms with Crippen LogP contribution in [0.25, 0.3) is 11.0 Å². The van der Waals surface area contributed by atoms with Crippen LogP contribution in [0.4, 0.5) is 0 Å².